The number of ether oxygens (including phenoxy) is 1. The number of aromatic nitrogens is 1. The van der Waals surface area contributed by atoms with Gasteiger partial charge in [-0.25, -0.2) is 4.98 Å². The minimum atomic E-state index is -4.97. The molecule has 0 aromatic carbocycles. The molecular formula is C7H8BF3NO-. The van der Waals surface area contributed by atoms with Crippen molar-refractivity contribution >= 4 is 12.4 Å². The molecule has 1 heterocycles. The third kappa shape index (κ3) is 2.14. The second kappa shape index (κ2) is 3.28. The van der Waals surface area contributed by atoms with Gasteiger partial charge in [-0.2, -0.15) is 0 Å². The number of rotatable bonds is 2. The van der Waals surface area contributed by atoms with Crippen LogP contribution in [0.1, 0.15) is 5.69 Å². The molecule has 0 saturated carbocycles. The summed E-state index contributed by atoms with van der Waals surface area (Å²) >= 11 is 0. The maximum absolute atomic E-state index is 12.3. The molecule has 1 rings (SSSR count). The van der Waals surface area contributed by atoms with E-state index in [-0.39, 0.29) is 11.6 Å². The van der Waals surface area contributed by atoms with Crippen molar-refractivity contribution in [3.05, 3.63) is 17.8 Å². The van der Waals surface area contributed by atoms with Crippen LogP contribution in [0.4, 0.5) is 12.9 Å². The third-order valence-corrected chi connectivity index (χ3v) is 1.66. The molecule has 2 nitrogen and oxygen atoms in total. The molecule has 0 aliphatic heterocycles. The molecule has 0 bridgehead atoms. The first-order valence-corrected chi connectivity index (χ1v) is 3.66. The molecule has 72 valence electrons. The van der Waals surface area contributed by atoms with Crippen LogP contribution in [0.5, 0.6) is 5.88 Å². The summed E-state index contributed by atoms with van der Waals surface area (Å²) in [5, 5.41) is 0. The van der Waals surface area contributed by atoms with E-state index in [1.54, 1.807) is 0 Å². The molecule has 0 radical (unpaired) electrons. The Morgan fingerprint density at radius 1 is 1.31 bits per heavy atom. The molecule has 6 heteroatoms. The molecule has 1 aromatic rings. The van der Waals surface area contributed by atoms with E-state index in [0.29, 0.717) is 0 Å². The second-order valence-electron chi connectivity index (χ2n) is 2.60. The molecule has 0 unspecified atom stereocenters. The molecule has 0 atom stereocenters. The minimum Gasteiger partial charge on any atom is -0.481 e. The Kier molecular flexibility index (Phi) is 2.49. The lowest BCUT2D eigenvalue weighted by atomic mass is 9.79. The van der Waals surface area contributed by atoms with Gasteiger partial charge in [0.15, 0.2) is 0 Å². The van der Waals surface area contributed by atoms with Crippen LogP contribution in [-0.4, -0.2) is 19.1 Å². The molecule has 0 aliphatic carbocycles. The van der Waals surface area contributed by atoms with E-state index >= 15 is 0 Å². The van der Waals surface area contributed by atoms with Crippen molar-refractivity contribution in [1.29, 1.82) is 0 Å². The summed E-state index contributed by atoms with van der Waals surface area (Å²) in [4.78, 5) is 3.63. The Morgan fingerprint density at radius 3 is 2.31 bits per heavy atom. The molecule has 13 heavy (non-hydrogen) atoms. The van der Waals surface area contributed by atoms with Gasteiger partial charge in [0.25, 0.3) is 0 Å². The van der Waals surface area contributed by atoms with Crippen LogP contribution >= 0.6 is 0 Å². The van der Waals surface area contributed by atoms with Crippen LogP contribution in [0.25, 0.3) is 0 Å². The summed E-state index contributed by atoms with van der Waals surface area (Å²) < 4.78 is 41.5. The van der Waals surface area contributed by atoms with Gasteiger partial charge in [-0.1, -0.05) is 11.5 Å². The highest BCUT2D eigenvalue weighted by molar-refractivity contribution is 6.73. The standard InChI is InChI=1S/C7H8BF3NO/c1-5-6(8(9,10)11)3-4-7(12-5)13-2/h3-4H,1-2H3/q-1. The first-order chi connectivity index (χ1) is 5.95. The molecule has 0 aliphatic rings. The topological polar surface area (TPSA) is 22.1 Å². The monoisotopic (exact) mass is 190 g/mol. The van der Waals surface area contributed by atoms with E-state index in [2.05, 4.69) is 4.98 Å². The highest BCUT2D eigenvalue weighted by atomic mass is 19.4. The van der Waals surface area contributed by atoms with Crippen LogP contribution in [0.2, 0.25) is 0 Å². The van der Waals surface area contributed by atoms with Gasteiger partial charge in [-0.15, -0.1) is 0 Å². The lowest BCUT2D eigenvalue weighted by molar-refractivity contribution is 0.397. The summed E-state index contributed by atoms with van der Waals surface area (Å²) in [7, 11) is 1.36. The summed E-state index contributed by atoms with van der Waals surface area (Å²) in [5.74, 6) is 0.196. The van der Waals surface area contributed by atoms with E-state index in [1.807, 2.05) is 0 Å². The van der Waals surface area contributed by atoms with Crippen LogP contribution in [0.3, 0.4) is 0 Å². The zero-order valence-electron chi connectivity index (χ0n) is 7.22. The van der Waals surface area contributed by atoms with E-state index in [9.17, 15) is 12.9 Å². The van der Waals surface area contributed by atoms with Crippen LogP contribution in [0, 0.1) is 6.92 Å². The van der Waals surface area contributed by atoms with Crippen molar-refractivity contribution in [3.8, 4) is 5.88 Å². The zero-order valence-corrected chi connectivity index (χ0v) is 7.22. The molecule has 1 aromatic heterocycles. The number of hydrogen-bond acceptors (Lipinski definition) is 2. The van der Waals surface area contributed by atoms with E-state index < -0.39 is 12.4 Å². The van der Waals surface area contributed by atoms with Gasteiger partial charge >= 0.3 is 6.98 Å². The largest absolute Gasteiger partial charge is 0.511 e. The van der Waals surface area contributed by atoms with E-state index in [4.69, 9.17) is 4.74 Å². The summed E-state index contributed by atoms with van der Waals surface area (Å²) in [5.41, 5.74) is -0.715. The van der Waals surface area contributed by atoms with E-state index in [1.165, 1.54) is 20.1 Å². The van der Waals surface area contributed by atoms with Gasteiger partial charge in [0.1, 0.15) is 0 Å². The average Bonchev–Trinajstić information content (AvgIpc) is 2.01. The lowest BCUT2D eigenvalue weighted by Gasteiger charge is -2.17. The second-order valence-corrected chi connectivity index (χ2v) is 2.60. The maximum Gasteiger partial charge on any atom is 0.511 e. The Bertz CT molecular complexity index is 313. The van der Waals surface area contributed by atoms with Crippen molar-refractivity contribution < 1.29 is 17.7 Å². The SMILES string of the molecule is COc1ccc([B-](F)(F)F)c(C)n1. The van der Waals surface area contributed by atoms with Gasteiger partial charge in [0.2, 0.25) is 5.88 Å². The van der Waals surface area contributed by atoms with E-state index in [0.717, 1.165) is 6.07 Å². The smallest absolute Gasteiger partial charge is 0.481 e. The quantitative estimate of drug-likeness (QED) is 0.658. The fraction of sp³-hybridized carbons (Fsp3) is 0.286. The van der Waals surface area contributed by atoms with Gasteiger partial charge in [-0.05, 0) is 13.0 Å². The zero-order chi connectivity index (χ0) is 10.1. The molecule has 0 amide bonds. The predicted molar refractivity (Wildman–Crippen MR) is 44.2 cm³/mol. The maximum atomic E-state index is 12.3. The first-order valence-electron chi connectivity index (χ1n) is 3.66. The number of hydrogen-bond donors (Lipinski definition) is 0. The van der Waals surface area contributed by atoms with Crippen LogP contribution in [-0.2, 0) is 0 Å². The highest BCUT2D eigenvalue weighted by Crippen LogP contribution is 2.13. The summed E-state index contributed by atoms with van der Waals surface area (Å²) in [6.07, 6.45) is 0. The number of pyridine rings is 1. The van der Waals surface area contributed by atoms with Gasteiger partial charge in [0.05, 0.1) is 7.11 Å². The molecule has 0 spiro atoms. The molecular weight excluding hydrogens is 182 g/mol. The fourth-order valence-electron chi connectivity index (χ4n) is 1.01. The van der Waals surface area contributed by atoms with Gasteiger partial charge in [-0.3, -0.25) is 0 Å². The van der Waals surface area contributed by atoms with Crippen LogP contribution in [0.15, 0.2) is 12.1 Å². The van der Waals surface area contributed by atoms with Gasteiger partial charge < -0.3 is 17.7 Å². The highest BCUT2D eigenvalue weighted by Gasteiger charge is 2.27. The minimum absolute atomic E-state index is 0.0492. The molecule has 0 saturated heterocycles. The van der Waals surface area contributed by atoms with Crippen molar-refractivity contribution in [3.63, 3.8) is 0 Å². The number of aryl methyl sites for hydroxylation is 1. The normalized spacial score (nSPS) is 11.5. The first kappa shape index (κ1) is 9.89. The number of nitrogens with zero attached hydrogens (tertiary/aromatic N) is 1. The Morgan fingerprint density at radius 2 is 1.92 bits per heavy atom. The van der Waals surface area contributed by atoms with Gasteiger partial charge in [0, 0.05) is 5.69 Å². The molecule has 0 fully saturated rings. The summed E-state index contributed by atoms with van der Waals surface area (Å²) in [6, 6.07) is 2.19. The predicted octanol–water partition coefficient (Wildman–Crippen LogP) is 1.45. The Balaban J connectivity index is 3.13. The third-order valence-electron chi connectivity index (χ3n) is 1.66. The van der Waals surface area contributed by atoms with Crippen molar-refractivity contribution in [2.45, 2.75) is 6.92 Å². The lowest BCUT2D eigenvalue weighted by Crippen LogP contribution is -2.36. The Labute approximate surface area is 73.8 Å². The van der Waals surface area contributed by atoms with Crippen LogP contribution < -0.4 is 10.2 Å². The average molecular weight is 190 g/mol. The van der Waals surface area contributed by atoms with Crippen molar-refractivity contribution in [2.24, 2.45) is 0 Å². The fourth-order valence-corrected chi connectivity index (χ4v) is 1.01. The summed E-state index contributed by atoms with van der Waals surface area (Å²) in [6.45, 7) is -3.66. The molecule has 0 N–H and O–H groups in total. The Hall–Kier alpha value is -1.20. The van der Waals surface area contributed by atoms with Crippen molar-refractivity contribution in [2.75, 3.05) is 7.11 Å². The number of methoxy groups -OCH3 is 1. The number of halogens is 3. The van der Waals surface area contributed by atoms with Crippen molar-refractivity contribution in [1.82, 2.24) is 4.98 Å².